The Hall–Kier alpha value is -3.44. The molecule has 0 N–H and O–H groups in total. The maximum Gasteiger partial charge on any atom is 0.216 e. The van der Waals surface area contributed by atoms with Crippen molar-refractivity contribution in [3.63, 3.8) is 0 Å². The van der Waals surface area contributed by atoms with Crippen LogP contribution >= 0.6 is 0 Å². The molecule has 1 fully saturated rings. The van der Waals surface area contributed by atoms with E-state index < -0.39 is 19.9 Å². The summed E-state index contributed by atoms with van der Waals surface area (Å²) in [7, 11) is -1.50. The zero-order valence-corrected chi connectivity index (χ0v) is 31.7. The van der Waals surface area contributed by atoms with Gasteiger partial charge >= 0.3 is 0 Å². The van der Waals surface area contributed by atoms with E-state index in [-0.39, 0.29) is 20.1 Å². The van der Waals surface area contributed by atoms with Gasteiger partial charge in [0, 0.05) is 46.8 Å². The smallest absolute Gasteiger partial charge is 0.216 e. The van der Waals surface area contributed by atoms with Crippen molar-refractivity contribution in [3.8, 4) is 22.5 Å². The van der Waals surface area contributed by atoms with Gasteiger partial charge in [0.25, 0.3) is 0 Å². The van der Waals surface area contributed by atoms with Crippen LogP contribution < -0.4 is 5.19 Å². The summed E-state index contributed by atoms with van der Waals surface area (Å²) in [6.07, 6.45) is 11.6. The third kappa shape index (κ3) is 7.83. The second kappa shape index (κ2) is 15.2. The van der Waals surface area contributed by atoms with E-state index in [1.165, 1.54) is 24.4 Å². The van der Waals surface area contributed by atoms with Crippen LogP contribution in [0.1, 0.15) is 78.5 Å². The average Bonchev–Trinajstić information content (AvgIpc) is 3.47. The first-order chi connectivity index (χ1) is 22.8. The molecule has 1 unspecified atom stereocenters. The number of aromatic nitrogens is 3. The van der Waals surface area contributed by atoms with E-state index in [1.807, 2.05) is 86.9 Å². The molecule has 0 amide bonds. The van der Waals surface area contributed by atoms with E-state index in [1.54, 1.807) is 6.20 Å². The maximum absolute atomic E-state index is 9.10. The van der Waals surface area contributed by atoms with E-state index in [2.05, 4.69) is 59.7 Å². The number of pyridine rings is 3. The van der Waals surface area contributed by atoms with Gasteiger partial charge in [-0.25, -0.2) is 4.98 Å². The summed E-state index contributed by atoms with van der Waals surface area (Å²) in [6.45, 7) is 12.8. The quantitative estimate of drug-likeness (QED) is 0.124. The van der Waals surface area contributed by atoms with Gasteiger partial charge in [0.2, 0.25) is 5.71 Å². The van der Waals surface area contributed by atoms with Crippen LogP contribution in [0, 0.1) is 18.1 Å². The molecule has 0 aliphatic heterocycles. The Kier molecular flexibility index (Phi) is 10.4. The van der Waals surface area contributed by atoms with Crippen LogP contribution in [0.4, 0.5) is 0 Å². The summed E-state index contributed by atoms with van der Waals surface area (Å²) in [4.78, 5) is 13.5. The van der Waals surface area contributed by atoms with Crippen molar-refractivity contribution >= 4 is 35.3 Å². The van der Waals surface area contributed by atoms with Crippen molar-refractivity contribution in [1.29, 1.82) is 0 Å². The van der Waals surface area contributed by atoms with Gasteiger partial charge in [-0.05, 0) is 65.3 Å². The minimum Gasteiger partial charge on any atom is -0.486 e. The largest absolute Gasteiger partial charge is 0.486 e. The number of rotatable bonds is 6. The van der Waals surface area contributed by atoms with Gasteiger partial charge in [-0.3, -0.25) is 0 Å². The fourth-order valence-electron chi connectivity index (χ4n) is 6.52. The SMILES string of the molecule is [2H]C(C)(C)c1cc(-c2[c-]cccc2)ncc1[Si](C)(C)C.[2H]C(C)(c1ccnc(-c2[c-]ccc3c2oc2ncccc23)c1)C1CCCCC1.[Ir]. The minimum atomic E-state index is -1.50. The molecule has 7 rings (SSSR count). The van der Waals surface area contributed by atoms with Crippen molar-refractivity contribution < 1.29 is 27.3 Å². The third-order valence-corrected chi connectivity index (χ3v) is 11.1. The second-order valence-corrected chi connectivity index (χ2v) is 18.7. The minimum absolute atomic E-state index is 0. The van der Waals surface area contributed by atoms with Gasteiger partial charge in [-0.1, -0.05) is 93.9 Å². The molecule has 1 aliphatic carbocycles. The summed E-state index contributed by atoms with van der Waals surface area (Å²) >= 11 is 0. The van der Waals surface area contributed by atoms with Crippen LogP contribution in [0.15, 0.2) is 89.7 Å². The molecule has 6 aromatic rings. The standard InChI is InChI=1S/C24H23N2O.C17H22NSi.Ir/c1-16(17-7-3-2-4-8-17)18-12-14-25-22(15-18)21-10-5-9-19-20-11-6-13-26-24(20)27-23(19)21;1-13(2)15-11-16(14-9-7-6-8-10-14)18-12-17(15)19(3,4)5;/h5-6,9,11-17H,2-4,7-8H2,1H3;6-9,11-13H,1-5H3;/q2*-1;/i16D;13D;. The number of nitrogens with zero attached hydrogens (tertiary/aromatic N) is 3. The van der Waals surface area contributed by atoms with Crippen LogP contribution in [0.25, 0.3) is 44.6 Å². The molecule has 2 aromatic carbocycles. The van der Waals surface area contributed by atoms with Gasteiger partial charge < -0.3 is 14.4 Å². The molecular formula is C41H45IrN3OSi-2. The van der Waals surface area contributed by atoms with Crippen LogP contribution in [0.5, 0.6) is 0 Å². The van der Waals surface area contributed by atoms with Crippen molar-refractivity contribution in [1.82, 2.24) is 15.0 Å². The van der Waals surface area contributed by atoms with Gasteiger partial charge in [-0.2, -0.15) is 0 Å². The van der Waals surface area contributed by atoms with Crippen molar-refractivity contribution in [2.75, 3.05) is 0 Å². The Morgan fingerprint density at radius 3 is 2.36 bits per heavy atom. The Morgan fingerprint density at radius 2 is 1.64 bits per heavy atom. The van der Waals surface area contributed by atoms with Crippen LogP contribution in [0.2, 0.25) is 19.6 Å². The van der Waals surface area contributed by atoms with E-state index >= 15 is 0 Å². The normalized spacial score (nSPS) is 16.0. The molecule has 245 valence electrons. The summed E-state index contributed by atoms with van der Waals surface area (Å²) in [5, 5.41) is 3.29. The fraction of sp³-hybridized carbons (Fsp3) is 0.341. The number of fused-ring (bicyclic) bond motifs is 3. The maximum atomic E-state index is 9.10. The van der Waals surface area contributed by atoms with Crippen LogP contribution in [-0.2, 0) is 20.1 Å². The van der Waals surface area contributed by atoms with Crippen molar-refractivity contribution in [2.24, 2.45) is 5.92 Å². The van der Waals surface area contributed by atoms with Gasteiger partial charge in [0.05, 0.1) is 13.7 Å². The number of hydrogen-bond acceptors (Lipinski definition) is 4. The molecule has 47 heavy (non-hydrogen) atoms. The molecule has 0 spiro atoms. The third-order valence-electron chi connectivity index (χ3n) is 9.13. The summed E-state index contributed by atoms with van der Waals surface area (Å²) in [5.41, 5.74) is 7.02. The first kappa shape index (κ1) is 32.1. The Balaban J connectivity index is 0.000000199. The van der Waals surface area contributed by atoms with Crippen molar-refractivity contribution in [2.45, 2.75) is 84.3 Å². The molecule has 1 atom stereocenters. The van der Waals surface area contributed by atoms with Crippen LogP contribution in [0.3, 0.4) is 0 Å². The second-order valence-electron chi connectivity index (χ2n) is 13.6. The summed E-state index contributed by atoms with van der Waals surface area (Å²) in [5.74, 6) is -0.824. The Morgan fingerprint density at radius 1 is 0.830 bits per heavy atom. The molecule has 1 radical (unpaired) electrons. The van der Waals surface area contributed by atoms with E-state index in [9.17, 15) is 0 Å². The number of furan rings is 1. The Bertz CT molecular complexity index is 2030. The summed E-state index contributed by atoms with van der Waals surface area (Å²) in [6, 6.07) is 28.3. The molecule has 4 nitrogen and oxygen atoms in total. The summed E-state index contributed by atoms with van der Waals surface area (Å²) < 4.78 is 23.6. The molecular weight excluding hydrogens is 771 g/mol. The molecule has 0 saturated heterocycles. The first-order valence-corrected chi connectivity index (χ1v) is 20.0. The first-order valence-electron chi connectivity index (χ1n) is 17.5. The molecule has 4 aromatic heterocycles. The van der Waals surface area contributed by atoms with E-state index in [4.69, 9.17) is 7.16 Å². The van der Waals surface area contributed by atoms with Gasteiger partial charge in [0.1, 0.15) is 0 Å². The van der Waals surface area contributed by atoms with Gasteiger partial charge in [-0.15, -0.1) is 54.1 Å². The van der Waals surface area contributed by atoms with E-state index in [0.717, 1.165) is 62.8 Å². The predicted molar refractivity (Wildman–Crippen MR) is 194 cm³/mol. The number of benzene rings is 2. The molecule has 0 bridgehead atoms. The molecule has 6 heteroatoms. The molecule has 1 saturated carbocycles. The topological polar surface area (TPSA) is 51.8 Å². The predicted octanol–water partition coefficient (Wildman–Crippen LogP) is 10.7. The zero-order chi connectivity index (χ0) is 34.1. The molecule has 4 heterocycles. The molecule has 1 aliphatic rings. The monoisotopic (exact) mass is 818 g/mol. The van der Waals surface area contributed by atoms with E-state index in [0.29, 0.717) is 11.6 Å². The van der Waals surface area contributed by atoms with Crippen LogP contribution in [-0.4, -0.2) is 23.0 Å². The fourth-order valence-corrected chi connectivity index (χ4v) is 8.10. The Labute approximate surface area is 297 Å². The van der Waals surface area contributed by atoms with Gasteiger partial charge in [0.15, 0.2) is 0 Å². The van der Waals surface area contributed by atoms with Crippen molar-refractivity contribution in [3.05, 3.63) is 109 Å². The number of hydrogen-bond donors (Lipinski definition) is 0. The zero-order valence-electron chi connectivity index (χ0n) is 30.3. The average molecular weight is 818 g/mol.